The van der Waals surface area contributed by atoms with Crippen LogP contribution >= 0.6 is 0 Å². The highest BCUT2D eigenvalue weighted by Crippen LogP contribution is 2.16. The third-order valence-corrected chi connectivity index (χ3v) is 3.81. The van der Waals surface area contributed by atoms with Gasteiger partial charge in [0, 0.05) is 0 Å². The summed E-state index contributed by atoms with van der Waals surface area (Å²) >= 11 is 0. The van der Waals surface area contributed by atoms with Gasteiger partial charge in [-0.25, -0.2) is 0 Å². The molecule has 0 heterocycles. The zero-order chi connectivity index (χ0) is 13.5. The summed E-state index contributed by atoms with van der Waals surface area (Å²) in [7, 11) is 2.41. The van der Waals surface area contributed by atoms with Gasteiger partial charge in [-0.3, -0.25) is 0 Å². The summed E-state index contributed by atoms with van der Waals surface area (Å²) in [5.41, 5.74) is 0. The maximum atomic E-state index is 3.59. The van der Waals surface area contributed by atoms with Crippen molar-refractivity contribution < 1.29 is 0 Å². The minimum atomic E-state index is 0.931. The minimum Gasteiger partial charge on any atom is -0.317 e. The lowest BCUT2D eigenvalue weighted by Gasteiger charge is -2.10. The molecule has 0 aromatic heterocycles. The van der Waals surface area contributed by atoms with Gasteiger partial charge in [0.25, 0.3) is 0 Å². The molecule has 1 N–H and O–H groups in total. The van der Waals surface area contributed by atoms with Crippen molar-refractivity contribution >= 4 is 7.85 Å². The molecular formula is C16H36BN. The summed E-state index contributed by atoms with van der Waals surface area (Å²) in [5.74, 6) is 0.931. The lowest BCUT2D eigenvalue weighted by molar-refractivity contribution is 0.543. The first kappa shape index (κ1) is 18.0. The molecule has 1 nitrogen and oxygen atoms in total. The number of unbranched alkanes of at least 4 members (excludes halogenated alkanes) is 6. The van der Waals surface area contributed by atoms with Crippen LogP contribution in [0.25, 0.3) is 0 Å². The Morgan fingerprint density at radius 3 is 2.00 bits per heavy atom. The molecular weight excluding hydrogens is 217 g/mol. The Balaban J connectivity index is 3.02. The lowest BCUT2D eigenvalue weighted by Crippen LogP contribution is -2.17. The van der Waals surface area contributed by atoms with Gasteiger partial charge in [-0.15, -0.1) is 0 Å². The lowest BCUT2D eigenvalue weighted by atomic mass is 9.80. The first-order valence-electron chi connectivity index (χ1n) is 8.52. The second kappa shape index (κ2) is 15.1. The van der Waals surface area contributed by atoms with Crippen LogP contribution in [0.4, 0.5) is 0 Å². The summed E-state index contributed by atoms with van der Waals surface area (Å²) in [4.78, 5) is 0. The maximum Gasteiger partial charge on any atom is 0.105 e. The van der Waals surface area contributed by atoms with Gasteiger partial charge in [-0.1, -0.05) is 77.5 Å². The molecule has 1 unspecified atom stereocenters. The summed E-state index contributed by atoms with van der Waals surface area (Å²) in [6, 6.07) is 0. The van der Waals surface area contributed by atoms with Crippen LogP contribution in [-0.4, -0.2) is 20.9 Å². The molecule has 0 saturated heterocycles. The molecule has 1 atom stereocenters. The standard InChI is InChI=1S/C16H36BN/c1-3-5-7-8-9-10-14-18-15-11-13-16(17)12-6-4-2/h16,18H,3-15,17H2,1-2H3. The molecule has 0 spiro atoms. The molecule has 0 bridgehead atoms. The zero-order valence-electron chi connectivity index (χ0n) is 13.3. The van der Waals surface area contributed by atoms with E-state index in [0.29, 0.717) is 0 Å². The quantitative estimate of drug-likeness (QED) is 0.359. The molecule has 108 valence electrons. The van der Waals surface area contributed by atoms with Gasteiger partial charge in [0.05, 0.1) is 0 Å². The van der Waals surface area contributed by atoms with Crippen LogP contribution < -0.4 is 5.32 Å². The second-order valence-electron chi connectivity index (χ2n) is 5.91. The Kier molecular flexibility index (Phi) is 15.1. The van der Waals surface area contributed by atoms with Gasteiger partial charge < -0.3 is 5.32 Å². The van der Waals surface area contributed by atoms with Crippen molar-refractivity contribution in [2.75, 3.05) is 13.1 Å². The van der Waals surface area contributed by atoms with Gasteiger partial charge in [0.1, 0.15) is 7.85 Å². The first-order valence-corrected chi connectivity index (χ1v) is 8.52. The fourth-order valence-corrected chi connectivity index (χ4v) is 2.43. The average Bonchev–Trinajstić information content (AvgIpc) is 2.38. The topological polar surface area (TPSA) is 12.0 Å². The Bertz CT molecular complexity index is 150. The predicted molar refractivity (Wildman–Crippen MR) is 87.3 cm³/mol. The van der Waals surface area contributed by atoms with Crippen molar-refractivity contribution in [2.45, 2.75) is 90.3 Å². The van der Waals surface area contributed by atoms with Crippen LogP contribution in [0, 0.1) is 0 Å². The summed E-state index contributed by atoms with van der Waals surface area (Å²) in [6.07, 6.45) is 15.4. The molecule has 0 saturated carbocycles. The SMILES string of the molecule is BC(CCCC)CCCNCCCCCCCC. The smallest absolute Gasteiger partial charge is 0.105 e. The van der Waals surface area contributed by atoms with Gasteiger partial charge in [-0.2, -0.15) is 0 Å². The van der Waals surface area contributed by atoms with Crippen LogP contribution in [-0.2, 0) is 0 Å². The highest BCUT2D eigenvalue weighted by molar-refractivity contribution is 6.11. The van der Waals surface area contributed by atoms with Crippen molar-refractivity contribution in [3.05, 3.63) is 0 Å². The van der Waals surface area contributed by atoms with Crippen LogP contribution in [0.15, 0.2) is 0 Å². The average molecular weight is 253 g/mol. The zero-order valence-corrected chi connectivity index (χ0v) is 13.3. The second-order valence-corrected chi connectivity index (χ2v) is 5.91. The van der Waals surface area contributed by atoms with E-state index in [-0.39, 0.29) is 0 Å². The molecule has 0 aromatic rings. The molecule has 0 fully saturated rings. The minimum absolute atomic E-state index is 0.931. The summed E-state index contributed by atoms with van der Waals surface area (Å²) < 4.78 is 0. The normalized spacial score (nSPS) is 12.8. The predicted octanol–water partition coefficient (Wildman–Crippen LogP) is 4.33. The van der Waals surface area contributed by atoms with E-state index < -0.39 is 0 Å². The number of nitrogens with one attached hydrogen (secondary N) is 1. The van der Waals surface area contributed by atoms with Crippen molar-refractivity contribution in [3.63, 3.8) is 0 Å². The van der Waals surface area contributed by atoms with Gasteiger partial charge in [-0.05, 0) is 25.9 Å². The molecule has 0 aliphatic heterocycles. The highest BCUT2D eigenvalue weighted by Gasteiger charge is 2.00. The Morgan fingerprint density at radius 1 is 0.722 bits per heavy atom. The molecule has 0 aliphatic rings. The van der Waals surface area contributed by atoms with Gasteiger partial charge in [0.15, 0.2) is 0 Å². The molecule has 0 radical (unpaired) electrons. The largest absolute Gasteiger partial charge is 0.317 e. The number of rotatable bonds is 14. The fourth-order valence-electron chi connectivity index (χ4n) is 2.43. The Labute approximate surface area is 117 Å². The van der Waals surface area contributed by atoms with Gasteiger partial charge >= 0.3 is 0 Å². The van der Waals surface area contributed by atoms with E-state index in [0.717, 1.165) is 5.82 Å². The summed E-state index contributed by atoms with van der Waals surface area (Å²) in [6.45, 7) is 7.03. The van der Waals surface area contributed by atoms with Crippen LogP contribution in [0.2, 0.25) is 5.82 Å². The number of hydrogen-bond donors (Lipinski definition) is 1. The van der Waals surface area contributed by atoms with Gasteiger partial charge in [0.2, 0.25) is 0 Å². The van der Waals surface area contributed by atoms with E-state index in [9.17, 15) is 0 Å². The number of hydrogen-bond acceptors (Lipinski definition) is 1. The van der Waals surface area contributed by atoms with Crippen LogP contribution in [0.5, 0.6) is 0 Å². The van der Waals surface area contributed by atoms with Crippen LogP contribution in [0.1, 0.15) is 84.5 Å². The summed E-state index contributed by atoms with van der Waals surface area (Å²) in [5, 5.41) is 3.59. The van der Waals surface area contributed by atoms with E-state index >= 15 is 0 Å². The molecule has 0 aliphatic carbocycles. The van der Waals surface area contributed by atoms with E-state index in [2.05, 4.69) is 27.0 Å². The van der Waals surface area contributed by atoms with E-state index in [1.54, 1.807) is 0 Å². The van der Waals surface area contributed by atoms with E-state index in [4.69, 9.17) is 0 Å². The highest BCUT2D eigenvalue weighted by atomic mass is 14.8. The third-order valence-electron chi connectivity index (χ3n) is 3.81. The maximum absolute atomic E-state index is 3.59. The fraction of sp³-hybridized carbons (Fsp3) is 1.00. The van der Waals surface area contributed by atoms with E-state index in [1.165, 1.54) is 83.7 Å². The van der Waals surface area contributed by atoms with Crippen LogP contribution in [0.3, 0.4) is 0 Å². The monoisotopic (exact) mass is 253 g/mol. The molecule has 0 amide bonds. The first-order chi connectivity index (χ1) is 8.81. The third kappa shape index (κ3) is 14.1. The Hall–Kier alpha value is 0.0249. The molecule has 0 aromatic carbocycles. The molecule has 0 rings (SSSR count). The van der Waals surface area contributed by atoms with E-state index in [1.807, 2.05) is 0 Å². The van der Waals surface area contributed by atoms with Crippen molar-refractivity contribution in [1.82, 2.24) is 5.32 Å². The van der Waals surface area contributed by atoms with Crippen molar-refractivity contribution in [1.29, 1.82) is 0 Å². The van der Waals surface area contributed by atoms with Crippen molar-refractivity contribution in [3.8, 4) is 0 Å². The van der Waals surface area contributed by atoms with Crippen molar-refractivity contribution in [2.24, 2.45) is 0 Å². The Morgan fingerprint density at radius 2 is 1.28 bits per heavy atom. The molecule has 18 heavy (non-hydrogen) atoms. The molecule has 2 heteroatoms.